The van der Waals surface area contributed by atoms with Crippen LogP contribution in [0.25, 0.3) is 0 Å². The fourth-order valence-corrected chi connectivity index (χ4v) is 1.52. The summed E-state index contributed by atoms with van der Waals surface area (Å²) in [5.74, 6) is 0. The number of aromatic nitrogens is 1. The zero-order chi connectivity index (χ0) is 11.8. The van der Waals surface area contributed by atoms with E-state index in [1.54, 1.807) is 13.3 Å². The van der Waals surface area contributed by atoms with E-state index in [1.807, 2.05) is 25.3 Å². The Morgan fingerprint density at radius 1 is 1.62 bits per heavy atom. The van der Waals surface area contributed by atoms with E-state index in [0.717, 1.165) is 5.56 Å². The van der Waals surface area contributed by atoms with Crippen molar-refractivity contribution in [2.45, 2.75) is 19.5 Å². The lowest BCUT2D eigenvalue weighted by molar-refractivity contribution is 0.179. The molecule has 0 radical (unpaired) electrons. The number of thiocarbonyl (C=S) groups is 1. The third-order valence-electron chi connectivity index (χ3n) is 1.97. The lowest BCUT2D eigenvalue weighted by atomic mass is 10.3. The summed E-state index contributed by atoms with van der Waals surface area (Å²) < 4.78 is 5.01. The highest BCUT2D eigenvalue weighted by atomic mass is 32.1. The quantitative estimate of drug-likeness (QED) is 0.753. The Balaban J connectivity index is 2.25. The molecule has 0 saturated heterocycles. The molecule has 88 valence electrons. The van der Waals surface area contributed by atoms with Crippen molar-refractivity contribution in [2.24, 2.45) is 0 Å². The Hall–Kier alpha value is -1.20. The van der Waals surface area contributed by atoms with Gasteiger partial charge in [-0.1, -0.05) is 6.07 Å². The van der Waals surface area contributed by atoms with Gasteiger partial charge in [0.2, 0.25) is 0 Å². The van der Waals surface area contributed by atoms with Crippen LogP contribution in [0, 0.1) is 0 Å². The van der Waals surface area contributed by atoms with Crippen molar-refractivity contribution in [3.63, 3.8) is 0 Å². The van der Waals surface area contributed by atoms with Gasteiger partial charge in [0.25, 0.3) is 0 Å². The molecule has 0 spiro atoms. The van der Waals surface area contributed by atoms with Crippen LogP contribution in [0.3, 0.4) is 0 Å². The van der Waals surface area contributed by atoms with Gasteiger partial charge in [0.15, 0.2) is 5.11 Å². The molecule has 0 amide bonds. The molecule has 1 aromatic rings. The molecule has 0 aliphatic carbocycles. The van der Waals surface area contributed by atoms with Gasteiger partial charge < -0.3 is 15.4 Å². The molecule has 2 N–H and O–H groups in total. The van der Waals surface area contributed by atoms with Gasteiger partial charge in [0, 0.05) is 32.1 Å². The topological polar surface area (TPSA) is 46.2 Å². The van der Waals surface area contributed by atoms with Crippen LogP contribution in [0.15, 0.2) is 24.5 Å². The number of hydrogen-bond acceptors (Lipinski definition) is 3. The molecule has 1 aromatic heterocycles. The first-order chi connectivity index (χ1) is 7.72. The van der Waals surface area contributed by atoms with Crippen molar-refractivity contribution in [3.8, 4) is 0 Å². The molecular weight excluding hydrogens is 222 g/mol. The SMILES string of the molecule is COCC(C)NC(=S)NCc1cccnc1. The fourth-order valence-electron chi connectivity index (χ4n) is 1.25. The summed E-state index contributed by atoms with van der Waals surface area (Å²) in [6.45, 7) is 3.33. The minimum atomic E-state index is 0.207. The molecule has 0 aliphatic rings. The maximum atomic E-state index is 5.15. The molecule has 1 atom stereocenters. The van der Waals surface area contributed by atoms with E-state index in [2.05, 4.69) is 15.6 Å². The summed E-state index contributed by atoms with van der Waals surface area (Å²) in [6, 6.07) is 4.11. The summed E-state index contributed by atoms with van der Waals surface area (Å²) in [6.07, 6.45) is 3.56. The standard InChI is InChI=1S/C11H17N3OS/c1-9(8-15-2)14-11(16)13-7-10-4-3-5-12-6-10/h3-6,9H,7-8H2,1-2H3,(H2,13,14,16). The molecule has 0 aromatic carbocycles. The summed E-state index contributed by atoms with van der Waals surface area (Å²) in [7, 11) is 1.67. The van der Waals surface area contributed by atoms with Crippen LogP contribution in [0.4, 0.5) is 0 Å². The van der Waals surface area contributed by atoms with Crippen molar-refractivity contribution in [2.75, 3.05) is 13.7 Å². The molecule has 1 rings (SSSR count). The number of ether oxygens (including phenoxy) is 1. The van der Waals surface area contributed by atoms with Gasteiger partial charge in [-0.3, -0.25) is 4.98 Å². The summed E-state index contributed by atoms with van der Waals surface area (Å²) in [4.78, 5) is 4.03. The van der Waals surface area contributed by atoms with Crippen molar-refractivity contribution >= 4 is 17.3 Å². The molecule has 1 unspecified atom stereocenters. The second kappa shape index (κ2) is 7.14. The minimum absolute atomic E-state index is 0.207. The number of pyridine rings is 1. The highest BCUT2D eigenvalue weighted by molar-refractivity contribution is 7.80. The van der Waals surface area contributed by atoms with E-state index < -0.39 is 0 Å². The molecule has 0 saturated carbocycles. The van der Waals surface area contributed by atoms with Crippen molar-refractivity contribution in [1.29, 1.82) is 0 Å². The minimum Gasteiger partial charge on any atom is -0.383 e. The molecule has 5 heteroatoms. The monoisotopic (exact) mass is 239 g/mol. The average molecular weight is 239 g/mol. The third kappa shape index (κ3) is 5.04. The largest absolute Gasteiger partial charge is 0.383 e. The van der Waals surface area contributed by atoms with Crippen LogP contribution in [-0.4, -0.2) is 29.9 Å². The van der Waals surface area contributed by atoms with E-state index in [-0.39, 0.29) is 6.04 Å². The zero-order valence-electron chi connectivity index (χ0n) is 9.56. The van der Waals surface area contributed by atoms with Gasteiger partial charge in [-0.2, -0.15) is 0 Å². The number of nitrogens with one attached hydrogen (secondary N) is 2. The predicted octanol–water partition coefficient (Wildman–Crippen LogP) is 1.08. The van der Waals surface area contributed by atoms with Gasteiger partial charge in [0.05, 0.1) is 6.61 Å². The van der Waals surface area contributed by atoms with Crippen LogP contribution in [-0.2, 0) is 11.3 Å². The number of rotatable bonds is 5. The molecule has 1 heterocycles. The van der Waals surface area contributed by atoms with Crippen molar-refractivity contribution in [3.05, 3.63) is 30.1 Å². The van der Waals surface area contributed by atoms with E-state index in [9.17, 15) is 0 Å². The lowest BCUT2D eigenvalue weighted by Crippen LogP contribution is -2.42. The van der Waals surface area contributed by atoms with E-state index in [4.69, 9.17) is 17.0 Å². The lowest BCUT2D eigenvalue weighted by Gasteiger charge is -2.15. The highest BCUT2D eigenvalue weighted by Crippen LogP contribution is 1.94. The first-order valence-electron chi connectivity index (χ1n) is 5.14. The van der Waals surface area contributed by atoms with Gasteiger partial charge in [-0.15, -0.1) is 0 Å². The summed E-state index contributed by atoms with van der Waals surface area (Å²) >= 11 is 5.15. The molecular formula is C11H17N3OS. The Morgan fingerprint density at radius 2 is 2.44 bits per heavy atom. The second-order valence-electron chi connectivity index (χ2n) is 3.54. The van der Waals surface area contributed by atoms with Gasteiger partial charge in [0.1, 0.15) is 0 Å². The van der Waals surface area contributed by atoms with Gasteiger partial charge in [-0.25, -0.2) is 0 Å². The second-order valence-corrected chi connectivity index (χ2v) is 3.95. The maximum absolute atomic E-state index is 5.15. The van der Waals surface area contributed by atoms with Gasteiger partial charge in [-0.05, 0) is 30.8 Å². The Bertz CT molecular complexity index is 318. The highest BCUT2D eigenvalue weighted by Gasteiger charge is 2.02. The molecule has 0 bridgehead atoms. The maximum Gasteiger partial charge on any atom is 0.166 e. The number of nitrogens with zero attached hydrogens (tertiary/aromatic N) is 1. The normalized spacial score (nSPS) is 11.9. The third-order valence-corrected chi connectivity index (χ3v) is 2.23. The molecule has 0 aliphatic heterocycles. The van der Waals surface area contributed by atoms with Crippen LogP contribution < -0.4 is 10.6 Å². The predicted molar refractivity (Wildman–Crippen MR) is 68.1 cm³/mol. The number of hydrogen-bond donors (Lipinski definition) is 2. The van der Waals surface area contributed by atoms with E-state index in [0.29, 0.717) is 18.3 Å². The van der Waals surface area contributed by atoms with Crippen LogP contribution in [0.2, 0.25) is 0 Å². The number of methoxy groups -OCH3 is 1. The Kier molecular flexibility index (Phi) is 5.74. The summed E-state index contributed by atoms with van der Waals surface area (Å²) in [5, 5.41) is 6.87. The zero-order valence-corrected chi connectivity index (χ0v) is 10.4. The van der Waals surface area contributed by atoms with Gasteiger partial charge >= 0.3 is 0 Å². The first kappa shape index (κ1) is 12.9. The first-order valence-corrected chi connectivity index (χ1v) is 5.55. The Labute approximate surface area is 101 Å². The molecule has 16 heavy (non-hydrogen) atoms. The average Bonchev–Trinajstić information content (AvgIpc) is 2.28. The molecule has 0 fully saturated rings. The summed E-state index contributed by atoms with van der Waals surface area (Å²) in [5.41, 5.74) is 1.10. The molecule has 4 nitrogen and oxygen atoms in total. The van der Waals surface area contributed by atoms with Crippen LogP contribution in [0.1, 0.15) is 12.5 Å². The van der Waals surface area contributed by atoms with E-state index in [1.165, 1.54) is 0 Å². The van der Waals surface area contributed by atoms with Crippen LogP contribution >= 0.6 is 12.2 Å². The van der Waals surface area contributed by atoms with Crippen LogP contribution in [0.5, 0.6) is 0 Å². The fraction of sp³-hybridized carbons (Fsp3) is 0.455. The van der Waals surface area contributed by atoms with E-state index >= 15 is 0 Å². The van der Waals surface area contributed by atoms with Crippen molar-refractivity contribution < 1.29 is 4.74 Å². The van der Waals surface area contributed by atoms with Crippen molar-refractivity contribution in [1.82, 2.24) is 15.6 Å². The Morgan fingerprint density at radius 3 is 3.06 bits per heavy atom. The smallest absolute Gasteiger partial charge is 0.166 e.